The third-order valence-corrected chi connectivity index (χ3v) is 8.82. The molecule has 1 aliphatic heterocycles. The van der Waals surface area contributed by atoms with E-state index in [4.69, 9.17) is 26.2 Å². The van der Waals surface area contributed by atoms with E-state index in [2.05, 4.69) is 17.1 Å². The molecule has 0 saturated carbocycles. The van der Waals surface area contributed by atoms with Crippen molar-refractivity contribution in [1.82, 2.24) is 19.3 Å². The molecule has 0 atom stereocenters. The summed E-state index contributed by atoms with van der Waals surface area (Å²) in [5, 5.41) is 19.0. The number of carboxylic acid groups (broad SMARTS) is 1. The first-order chi connectivity index (χ1) is 21.4. The average molecular weight is 607 g/mol. The highest BCUT2D eigenvalue weighted by Gasteiger charge is 2.29. The van der Waals surface area contributed by atoms with E-state index in [-0.39, 0.29) is 18.8 Å². The molecule has 3 aromatic carbocycles. The van der Waals surface area contributed by atoms with Crippen molar-refractivity contribution in [1.29, 1.82) is 0 Å². The van der Waals surface area contributed by atoms with Crippen LogP contribution in [0.1, 0.15) is 45.1 Å². The van der Waals surface area contributed by atoms with Crippen molar-refractivity contribution in [3.8, 4) is 16.9 Å². The van der Waals surface area contributed by atoms with E-state index >= 15 is 0 Å². The van der Waals surface area contributed by atoms with Gasteiger partial charge in [0.05, 0.1) is 48.3 Å². The van der Waals surface area contributed by atoms with Crippen LogP contribution in [0, 0.1) is 6.92 Å². The molecule has 222 valence electrons. The zero-order valence-electron chi connectivity index (χ0n) is 24.5. The molecule has 0 spiro atoms. The standard InChI is InChI=1S/C35H31ClN4O4/c1-21-31-29(38-39(21)2)20-43-19-23-10-6-16-37-28(23)18-40-33-26(14-15-27(36)32(31)33)25(34(40)35(41)42)12-7-17-44-30-13-5-9-22-8-3-4-11-24(22)30/h3-6,8-11,13-16H,7,12,17-20H2,1-2H3,(H,41,42). The largest absolute Gasteiger partial charge is 0.493 e. The van der Waals surface area contributed by atoms with Gasteiger partial charge in [-0.1, -0.05) is 60.1 Å². The number of carboxylic acids is 1. The predicted molar refractivity (Wildman–Crippen MR) is 170 cm³/mol. The van der Waals surface area contributed by atoms with Gasteiger partial charge in [0.1, 0.15) is 11.4 Å². The second-order valence-electron chi connectivity index (χ2n) is 11.1. The fraction of sp³-hybridized carbons (Fsp3) is 0.229. The molecular formula is C35H31ClN4O4. The second kappa shape index (κ2) is 11.4. The van der Waals surface area contributed by atoms with Crippen molar-refractivity contribution < 1.29 is 19.4 Å². The molecule has 0 aliphatic carbocycles. The van der Waals surface area contributed by atoms with Crippen LogP contribution < -0.4 is 4.74 Å². The van der Waals surface area contributed by atoms with Gasteiger partial charge >= 0.3 is 5.97 Å². The van der Waals surface area contributed by atoms with Gasteiger partial charge in [-0.15, -0.1) is 0 Å². The number of pyridine rings is 1. The number of aromatic carboxylic acids is 1. The van der Waals surface area contributed by atoms with Gasteiger partial charge < -0.3 is 19.1 Å². The van der Waals surface area contributed by atoms with Crippen LogP contribution in [-0.2, 0) is 38.0 Å². The van der Waals surface area contributed by atoms with Crippen LogP contribution in [0.2, 0.25) is 5.02 Å². The zero-order chi connectivity index (χ0) is 30.4. The molecule has 44 heavy (non-hydrogen) atoms. The summed E-state index contributed by atoms with van der Waals surface area (Å²) < 4.78 is 16.0. The van der Waals surface area contributed by atoms with Gasteiger partial charge in [-0.3, -0.25) is 9.67 Å². The van der Waals surface area contributed by atoms with Crippen LogP contribution in [0.15, 0.2) is 72.9 Å². The highest BCUT2D eigenvalue weighted by molar-refractivity contribution is 6.35. The Kier molecular flexibility index (Phi) is 7.32. The summed E-state index contributed by atoms with van der Waals surface area (Å²) >= 11 is 6.99. The summed E-state index contributed by atoms with van der Waals surface area (Å²) in [6.45, 7) is 3.30. The molecule has 0 fully saturated rings. The number of ether oxygens (including phenoxy) is 2. The molecule has 7 rings (SSSR count). The average Bonchev–Trinajstić information content (AvgIpc) is 3.47. The van der Waals surface area contributed by atoms with Crippen LogP contribution in [0.25, 0.3) is 32.8 Å². The van der Waals surface area contributed by atoms with Crippen molar-refractivity contribution in [3.05, 3.63) is 112 Å². The molecule has 0 saturated heterocycles. The van der Waals surface area contributed by atoms with Crippen LogP contribution >= 0.6 is 11.6 Å². The quantitative estimate of drug-likeness (QED) is 0.199. The van der Waals surface area contributed by atoms with Gasteiger partial charge in [0, 0.05) is 46.4 Å². The summed E-state index contributed by atoms with van der Waals surface area (Å²) in [4.78, 5) is 17.7. The Morgan fingerprint density at radius 3 is 2.70 bits per heavy atom. The summed E-state index contributed by atoms with van der Waals surface area (Å²) in [5.74, 6) is -0.183. The lowest BCUT2D eigenvalue weighted by molar-refractivity contribution is 0.0684. The molecule has 4 heterocycles. The lowest BCUT2D eigenvalue weighted by Crippen LogP contribution is -2.14. The lowest BCUT2D eigenvalue weighted by Gasteiger charge is -2.14. The van der Waals surface area contributed by atoms with Crippen molar-refractivity contribution >= 4 is 39.2 Å². The van der Waals surface area contributed by atoms with E-state index in [1.165, 1.54) is 0 Å². The van der Waals surface area contributed by atoms with E-state index in [0.717, 1.165) is 66.8 Å². The number of rotatable bonds is 6. The Bertz CT molecular complexity index is 2060. The van der Waals surface area contributed by atoms with Crippen molar-refractivity contribution in [2.45, 2.75) is 39.5 Å². The number of hydrogen-bond donors (Lipinski definition) is 1. The van der Waals surface area contributed by atoms with Gasteiger partial charge in [-0.05, 0) is 48.9 Å². The van der Waals surface area contributed by atoms with E-state index in [9.17, 15) is 9.90 Å². The molecule has 1 N–H and O–H groups in total. The van der Waals surface area contributed by atoms with Crippen molar-refractivity contribution in [3.63, 3.8) is 0 Å². The third-order valence-electron chi connectivity index (χ3n) is 8.50. The van der Waals surface area contributed by atoms with Gasteiger partial charge in [0.25, 0.3) is 0 Å². The summed E-state index contributed by atoms with van der Waals surface area (Å²) in [6, 6.07) is 21.8. The highest BCUT2D eigenvalue weighted by atomic mass is 35.5. The van der Waals surface area contributed by atoms with Gasteiger partial charge in [0.2, 0.25) is 0 Å². The number of hydrogen-bond acceptors (Lipinski definition) is 5. The molecular weight excluding hydrogens is 576 g/mol. The first-order valence-corrected chi connectivity index (χ1v) is 15.0. The minimum Gasteiger partial charge on any atom is -0.493 e. The minimum absolute atomic E-state index is 0.230. The molecule has 9 heteroatoms. The maximum absolute atomic E-state index is 13.1. The maximum Gasteiger partial charge on any atom is 0.352 e. The summed E-state index contributed by atoms with van der Waals surface area (Å²) in [7, 11) is 1.89. The summed E-state index contributed by atoms with van der Waals surface area (Å²) in [6.07, 6.45) is 2.86. The SMILES string of the molecule is Cc1c2c(nn1C)COCc1cccnc1Cn1c(C(=O)O)c(CCCOc3cccc4ccccc34)c3ccc(Cl)c-2c31. The first kappa shape index (κ1) is 28.1. The Balaban J connectivity index is 1.36. The van der Waals surface area contributed by atoms with Crippen LogP contribution in [-0.4, -0.2) is 37.0 Å². The minimum atomic E-state index is -1.00. The van der Waals surface area contributed by atoms with E-state index in [1.807, 2.05) is 77.8 Å². The maximum atomic E-state index is 13.1. The predicted octanol–water partition coefficient (Wildman–Crippen LogP) is 7.34. The number of fused-ring (bicyclic) bond motifs is 4. The number of aromatic nitrogens is 4. The Hall–Kier alpha value is -4.66. The van der Waals surface area contributed by atoms with Crippen LogP contribution in [0.5, 0.6) is 5.75 Å². The lowest BCUT2D eigenvalue weighted by atomic mass is 9.98. The van der Waals surface area contributed by atoms with Crippen LogP contribution in [0.3, 0.4) is 0 Å². The molecule has 0 unspecified atom stereocenters. The van der Waals surface area contributed by atoms with Crippen molar-refractivity contribution in [2.75, 3.05) is 6.61 Å². The summed E-state index contributed by atoms with van der Waals surface area (Å²) in [5.41, 5.74) is 6.68. The number of aryl methyl sites for hydroxylation is 2. The number of nitrogens with zero attached hydrogens (tertiary/aromatic N) is 4. The number of benzene rings is 3. The molecule has 3 aromatic heterocycles. The molecule has 0 radical (unpaired) electrons. The van der Waals surface area contributed by atoms with Gasteiger partial charge in [-0.2, -0.15) is 5.10 Å². The van der Waals surface area contributed by atoms with E-state index in [0.29, 0.717) is 31.1 Å². The molecule has 0 bridgehead atoms. The smallest absolute Gasteiger partial charge is 0.352 e. The van der Waals surface area contributed by atoms with Gasteiger partial charge in [0.15, 0.2) is 0 Å². The fourth-order valence-corrected chi connectivity index (χ4v) is 6.64. The molecule has 1 aliphatic rings. The zero-order valence-corrected chi connectivity index (χ0v) is 25.3. The van der Waals surface area contributed by atoms with E-state index < -0.39 is 5.97 Å². The first-order valence-electron chi connectivity index (χ1n) is 14.6. The molecule has 0 amide bonds. The Morgan fingerprint density at radius 2 is 1.84 bits per heavy atom. The van der Waals surface area contributed by atoms with Crippen LogP contribution in [0.4, 0.5) is 0 Å². The third kappa shape index (κ3) is 4.80. The van der Waals surface area contributed by atoms with E-state index in [1.54, 1.807) is 6.20 Å². The topological polar surface area (TPSA) is 91.4 Å². The Labute approximate surface area is 259 Å². The monoisotopic (exact) mass is 606 g/mol. The van der Waals surface area contributed by atoms with Crippen molar-refractivity contribution in [2.24, 2.45) is 7.05 Å². The normalized spacial score (nSPS) is 13.0. The molecule has 6 aromatic rings. The highest BCUT2D eigenvalue weighted by Crippen LogP contribution is 2.43. The number of carbonyl (C=O) groups is 1. The number of halogens is 1. The van der Waals surface area contributed by atoms with Gasteiger partial charge in [-0.25, -0.2) is 4.79 Å². The second-order valence-corrected chi connectivity index (χ2v) is 11.5. The fourth-order valence-electron chi connectivity index (χ4n) is 6.39. The Morgan fingerprint density at radius 1 is 1.00 bits per heavy atom. The molecule has 8 nitrogen and oxygen atoms in total.